The summed E-state index contributed by atoms with van der Waals surface area (Å²) >= 11 is 0. The van der Waals surface area contributed by atoms with Gasteiger partial charge in [0.05, 0.1) is 0 Å². The van der Waals surface area contributed by atoms with Crippen LogP contribution in [0.1, 0.15) is 50.3 Å². The van der Waals surface area contributed by atoms with Crippen molar-refractivity contribution in [3.05, 3.63) is 35.4 Å². The van der Waals surface area contributed by atoms with Gasteiger partial charge in [-0.3, -0.25) is 0 Å². The van der Waals surface area contributed by atoms with Crippen LogP contribution in [0.25, 0.3) is 0 Å². The van der Waals surface area contributed by atoms with Crippen molar-refractivity contribution in [2.45, 2.75) is 45.6 Å². The van der Waals surface area contributed by atoms with Gasteiger partial charge >= 0.3 is 0 Å². The molecule has 0 heterocycles. The third-order valence-corrected chi connectivity index (χ3v) is 3.89. The Hall–Kier alpha value is -0.820. The summed E-state index contributed by atoms with van der Waals surface area (Å²) in [5, 5.41) is 0. The molecule has 1 aliphatic rings. The second kappa shape index (κ2) is 5.01. The van der Waals surface area contributed by atoms with Gasteiger partial charge in [-0.25, -0.2) is 0 Å². The van der Waals surface area contributed by atoms with Crippen molar-refractivity contribution in [3.63, 3.8) is 0 Å². The van der Waals surface area contributed by atoms with E-state index in [0.29, 0.717) is 5.92 Å². The molecule has 2 N–H and O–H groups in total. The molecule has 0 fully saturated rings. The standard InChI is InChI=1S/C15H23N/c1-3-6-11(2)9-13-10-12-7-4-5-8-14(12)15(13)16/h4-5,7-8,11,13,15H,3,6,9-10,16H2,1-2H3. The van der Waals surface area contributed by atoms with E-state index in [9.17, 15) is 0 Å². The Balaban J connectivity index is 2.01. The first kappa shape index (κ1) is 11.7. The van der Waals surface area contributed by atoms with Crippen LogP contribution in [0.5, 0.6) is 0 Å². The van der Waals surface area contributed by atoms with Gasteiger partial charge in [-0.1, -0.05) is 51.0 Å². The molecule has 0 saturated heterocycles. The van der Waals surface area contributed by atoms with E-state index < -0.39 is 0 Å². The molecule has 0 saturated carbocycles. The molecule has 3 unspecified atom stereocenters. The molecule has 0 aliphatic heterocycles. The Morgan fingerprint density at radius 1 is 1.38 bits per heavy atom. The minimum atomic E-state index is 0.274. The number of nitrogens with two attached hydrogens (primary N) is 1. The SMILES string of the molecule is CCCC(C)CC1Cc2ccccc2C1N. The van der Waals surface area contributed by atoms with Crippen LogP contribution < -0.4 is 5.73 Å². The maximum atomic E-state index is 6.34. The second-order valence-electron chi connectivity index (χ2n) is 5.32. The van der Waals surface area contributed by atoms with Crippen LogP contribution in [0.3, 0.4) is 0 Å². The fourth-order valence-electron chi connectivity index (χ4n) is 3.07. The largest absolute Gasteiger partial charge is 0.324 e. The summed E-state index contributed by atoms with van der Waals surface area (Å²) in [7, 11) is 0. The first-order chi connectivity index (χ1) is 7.72. The van der Waals surface area contributed by atoms with E-state index in [1.54, 1.807) is 0 Å². The highest BCUT2D eigenvalue weighted by atomic mass is 14.7. The number of rotatable bonds is 4. The molecule has 0 radical (unpaired) electrons. The van der Waals surface area contributed by atoms with Gasteiger partial charge < -0.3 is 5.73 Å². The average Bonchev–Trinajstić information content (AvgIpc) is 2.57. The molecule has 88 valence electrons. The molecule has 1 aromatic carbocycles. The van der Waals surface area contributed by atoms with Gasteiger partial charge in [-0.05, 0) is 35.8 Å². The summed E-state index contributed by atoms with van der Waals surface area (Å²) in [6.07, 6.45) is 5.09. The summed E-state index contributed by atoms with van der Waals surface area (Å²) < 4.78 is 0. The maximum absolute atomic E-state index is 6.34. The summed E-state index contributed by atoms with van der Waals surface area (Å²) in [6, 6.07) is 8.94. The average molecular weight is 217 g/mol. The number of hydrogen-bond donors (Lipinski definition) is 1. The molecule has 1 heteroatoms. The molecular weight excluding hydrogens is 194 g/mol. The van der Waals surface area contributed by atoms with E-state index in [0.717, 1.165) is 5.92 Å². The van der Waals surface area contributed by atoms with Gasteiger partial charge in [0.1, 0.15) is 0 Å². The lowest BCUT2D eigenvalue weighted by molar-refractivity contribution is 0.343. The van der Waals surface area contributed by atoms with Crippen molar-refractivity contribution >= 4 is 0 Å². The van der Waals surface area contributed by atoms with Gasteiger partial charge in [-0.2, -0.15) is 0 Å². The molecule has 0 spiro atoms. The molecule has 0 bridgehead atoms. The highest BCUT2D eigenvalue weighted by Crippen LogP contribution is 2.38. The summed E-state index contributed by atoms with van der Waals surface area (Å²) in [5.41, 5.74) is 9.20. The van der Waals surface area contributed by atoms with Gasteiger partial charge in [-0.15, -0.1) is 0 Å². The van der Waals surface area contributed by atoms with Crippen LogP contribution in [0.4, 0.5) is 0 Å². The van der Waals surface area contributed by atoms with Gasteiger partial charge in [0.2, 0.25) is 0 Å². The molecule has 1 aliphatic carbocycles. The zero-order chi connectivity index (χ0) is 11.5. The highest BCUT2D eigenvalue weighted by molar-refractivity contribution is 5.35. The Bertz CT molecular complexity index is 345. The predicted molar refractivity (Wildman–Crippen MR) is 69.3 cm³/mol. The first-order valence-corrected chi connectivity index (χ1v) is 6.55. The maximum Gasteiger partial charge on any atom is 0.0329 e. The van der Waals surface area contributed by atoms with Crippen molar-refractivity contribution in [1.82, 2.24) is 0 Å². The molecule has 16 heavy (non-hydrogen) atoms. The Labute approximate surface area is 99.0 Å². The van der Waals surface area contributed by atoms with Crippen molar-refractivity contribution in [2.24, 2.45) is 17.6 Å². The van der Waals surface area contributed by atoms with Crippen LogP contribution in [0.15, 0.2) is 24.3 Å². The topological polar surface area (TPSA) is 26.0 Å². The summed E-state index contributed by atoms with van der Waals surface area (Å²) in [5.74, 6) is 1.48. The van der Waals surface area contributed by atoms with Crippen LogP contribution in [-0.4, -0.2) is 0 Å². The fraction of sp³-hybridized carbons (Fsp3) is 0.600. The lowest BCUT2D eigenvalue weighted by atomic mass is 9.88. The quantitative estimate of drug-likeness (QED) is 0.818. The molecular formula is C15H23N. The van der Waals surface area contributed by atoms with E-state index in [1.165, 1.54) is 36.8 Å². The van der Waals surface area contributed by atoms with Crippen molar-refractivity contribution in [1.29, 1.82) is 0 Å². The number of benzene rings is 1. The van der Waals surface area contributed by atoms with Gasteiger partial charge in [0.25, 0.3) is 0 Å². The van der Waals surface area contributed by atoms with Crippen LogP contribution >= 0.6 is 0 Å². The Kier molecular flexibility index (Phi) is 3.65. The molecule has 0 amide bonds. The zero-order valence-corrected chi connectivity index (χ0v) is 10.4. The smallest absolute Gasteiger partial charge is 0.0329 e. The molecule has 3 atom stereocenters. The summed E-state index contributed by atoms with van der Waals surface area (Å²) in [4.78, 5) is 0. The second-order valence-corrected chi connectivity index (χ2v) is 5.32. The zero-order valence-electron chi connectivity index (χ0n) is 10.4. The van der Waals surface area contributed by atoms with Crippen LogP contribution in [-0.2, 0) is 6.42 Å². The van der Waals surface area contributed by atoms with E-state index in [4.69, 9.17) is 5.73 Å². The van der Waals surface area contributed by atoms with Gasteiger partial charge in [0.15, 0.2) is 0 Å². The lowest BCUT2D eigenvalue weighted by Gasteiger charge is -2.20. The third kappa shape index (κ3) is 2.30. The predicted octanol–water partition coefficient (Wildman–Crippen LogP) is 3.69. The molecule has 0 aromatic heterocycles. The summed E-state index contributed by atoms with van der Waals surface area (Å²) in [6.45, 7) is 4.62. The monoisotopic (exact) mass is 217 g/mol. The Morgan fingerprint density at radius 3 is 2.81 bits per heavy atom. The van der Waals surface area contributed by atoms with E-state index in [-0.39, 0.29) is 6.04 Å². The van der Waals surface area contributed by atoms with Gasteiger partial charge in [0, 0.05) is 6.04 Å². The molecule has 1 aromatic rings. The van der Waals surface area contributed by atoms with E-state index in [2.05, 4.69) is 38.1 Å². The minimum Gasteiger partial charge on any atom is -0.324 e. The molecule has 2 rings (SSSR count). The van der Waals surface area contributed by atoms with E-state index in [1.807, 2.05) is 0 Å². The van der Waals surface area contributed by atoms with Crippen LogP contribution in [0, 0.1) is 11.8 Å². The van der Waals surface area contributed by atoms with Crippen LogP contribution in [0.2, 0.25) is 0 Å². The normalized spacial score (nSPS) is 25.4. The highest BCUT2D eigenvalue weighted by Gasteiger charge is 2.29. The minimum absolute atomic E-state index is 0.274. The fourth-order valence-corrected chi connectivity index (χ4v) is 3.07. The van der Waals surface area contributed by atoms with E-state index >= 15 is 0 Å². The third-order valence-electron chi connectivity index (χ3n) is 3.89. The first-order valence-electron chi connectivity index (χ1n) is 6.55. The Morgan fingerprint density at radius 2 is 2.12 bits per heavy atom. The number of fused-ring (bicyclic) bond motifs is 1. The number of hydrogen-bond acceptors (Lipinski definition) is 1. The lowest BCUT2D eigenvalue weighted by Crippen LogP contribution is -2.19. The van der Waals surface area contributed by atoms with Crippen molar-refractivity contribution in [3.8, 4) is 0 Å². The van der Waals surface area contributed by atoms with Crippen molar-refractivity contribution < 1.29 is 0 Å². The molecule has 1 nitrogen and oxygen atoms in total. The van der Waals surface area contributed by atoms with Crippen molar-refractivity contribution in [2.75, 3.05) is 0 Å².